The second-order valence-electron chi connectivity index (χ2n) is 1.71. The Bertz CT molecular complexity index is 146. The van der Waals surface area contributed by atoms with Crippen LogP contribution < -0.4 is 10.4 Å². The first-order valence-electron chi connectivity index (χ1n) is 2.53. The van der Waals surface area contributed by atoms with Crippen molar-refractivity contribution in [2.24, 2.45) is 0 Å². The summed E-state index contributed by atoms with van der Waals surface area (Å²) in [5, 5.41) is 18.6. The molecule has 7 heteroatoms. The van der Waals surface area contributed by atoms with E-state index in [0.717, 1.165) is 5.32 Å². The summed E-state index contributed by atoms with van der Waals surface area (Å²) in [6.45, 7) is -1.34. The van der Waals surface area contributed by atoms with Crippen LogP contribution in [0.15, 0.2) is 0 Å². The number of amides is 1. The fourth-order valence-electron chi connectivity index (χ4n) is 0.373. The van der Waals surface area contributed by atoms with Gasteiger partial charge < -0.3 is 20.3 Å². The fraction of sp³-hybridized carbons (Fsp3) is 0.750. The van der Waals surface area contributed by atoms with E-state index in [0.29, 0.717) is 0 Å². The van der Waals surface area contributed by atoms with Crippen molar-refractivity contribution in [3.63, 3.8) is 0 Å². The fourth-order valence-corrected chi connectivity index (χ4v) is 0.373. The third-order valence-corrected chi connectivity index (χ3v) is 0.870. The van der Waals surface area contributed by atoms with Crippen LogP contribution in [0.25, 0.3) is 0 Å². The third-order valence-electron chi connectivity index (χ3n) is 0.870. The van der Waals surface area contributed by atoms with Crippen LogP contribution in [0.5, 0.6) is 0 Å². The molecule has 0 spiro atoms. The monoisotopic (exact) mass is 172 g/mol. The molecule has 0 rings (SSSR count). The summed E-state index contributed by atoms with van der Waals surface area (Å²) in [4.78, 5) is 9.58. The molecule has 0 fully saturated rings. The molecular formula is C4H5F3NO3-. The van der Waals surface area contributed by atoms with E-state index < -0.39 is 24.9 Å². The topological polar surface area (TPSA) is 72.4 Å². The first-order chi connectivity index (χ1) is 4.88. The largest absolute Gasteiger partial charge is 0.530 e. The summed E-state index contributed by atoms with van der Waals surface area (Å²) in [6.07, 6.45) is -6.85. The molecule has 0 aromatic heterocycles. The number of hydrogen-bond acceptors (Lipinski definition) is 3. The summed E-state index contributed by atoms with van der Waals surface area (Å²) in [5.41, 5.74) is 0. The molecule has 0 radical (unpaired) electrons. The van der Waals surface area contributed by atoms with Crippen molar-refractivity contribution in [3.05, 3.63) is 0 Å². The number of nitrogens with one attached hydrogen (secondary N) is 1. The number of carboxylic acid groups (broad SMARTS) is 1. The summed E-state index contributed by atoms with van der Waals surface area (Å²) in [7, 11) is 0. The molecule has 2 N–H and O–H groups in total. The minimum Gasteiger partial charge on any atom is -0.530 e. The number of carbonyl (C=O) groups excluding carboxylic acids is 1. The predicted octanol–water partition coefficient (Wildman–Crippen LogP) is -1.16. The van der Waals surface area contributed by atoms with Crippen LogP contribution in [0.2, 0.25) is 0 Å². The SMILES string of the molecule is O=C([O-])NC(CO)C(F)(F)F. The molecule has 0 heterocycles. The molecule has 1 atom stereocenters. The summed E-state index contributed by atoms with van der Waals surface area (Å²) in [6, 6.07) is -2.47. The molecule has 66 valence electrons. The van der Waals surface area contributed by atoms with Crippen molar-refractivity contribution in [1.82, 2.24) is 5.32 Å². The number of aliphatic hydroxyl groups excluding tert-OH is 1. The third kappa shape index (κ3) is 3.66. The molecule has 11 heavy (non-hydrogen) atoms. The highest BCUT2D eigenvalue weighted by Gasteiger charge is 2.39. The van der Waals surface area contributed by atoms with Gasteiger partial charge in [-0.1, -0.05) is 0 Å². The van der Waals surface area contributed by atoms with Crippen LogP contribution in [-0.4, -0.2) is 30.0 Å². The molecule has 0 aliphatic rings. The Labute approximate surface area is 59.6 Å². The molecule has 0 aromatic carbocycles. The maximum absolute atomic E-state index is 11.6. The molecule has 0 saturated heterocycles. The lowest BCUT2D eigenvalue weighted by atomic mass is 10.3. The standard InChI is InChI=1S/C4H6F3NO3/c5-4(6,7)2(1-9)8-3(10)11/h2,8-9H,1H2,(H,10,11)/p-1. The molecule has 0 aliphatic carbocycles. The van der Waals surface area contributed by atoms with Gasteiger partial charge in [0.15, 0.2) is 0 Å². The minimum absolute atomic E-state index is 1.00. The van der Waals surface area contributed by atoms with Gasteiger partial charge >= 0.3 is 6.18 Å². The van der Waals surface area contributed by atoms with E-state index >= 15 is 0 Å². The van der Waals surface area contributed by atoms with E-state index in [1.807, 2.05) is 0 Å². The second kappa shape index (κ2) is 3.42. The molecule has 0 aromatic rings. The predicted molar refractivity (Wildman–Crippen MR) is 25.5 cm³/mol. The average Bonchev–Trinajstić information content (AvgIpc) is 1.79. The molecule has 1 unspecified atom stereocenters. The maximum Gasteiger partial charge on any atom is 0.410 e. The van der Waals surface area contributed by atoms with E-state index in [1.54, 1.807) is 0 Å². The van der Waals surface area contributed by atoms with Crippen LogP contribution in [0.1, 0.15) is 0 Å². The van der Waals surface area contributed by atoms with Crippen LogP contribution in [-0.2, 0) is 0 Å². The molecule has 4 nitrogen and oxygen atoms in total. The Kier molecular flexibility index (Phi) is 3.12. The minimum atomic E-state index is -4.78. The highest BCUT2D eigenvalue weighted by atomic mass is 19.4. The van der Waals surface area contributed by atoms with Gasteiger partial charge in [-0.2, -0.15) is 13.2 Å². The van der Waals surface area contributed by atoms with E-state index in [9.17, 15) is 23.1 Å². The van der Waals surface area contributed by atoms with Crippen molar-refractivity contribution in [1.29, 1.82) is 0 Å². The van der Waals surface area contributed by atoms with Crippen molar-refractivity contribution < 1.29 is 28.2 Å². The molecule has 0 bridgehead atoms. The number of aliphatic hydroxyl groups is 1. The summed E-state index contributed by atoms with van der Waals surface area (Å²) in [5.74, 6) is 0. The Morgan fingerprint density at radius 2 is 2.09 bits per heavy atom. The Balaban J connectivity index is 4.07. The zero-order chi connectivity index (χ0) is 9.07. The van der Waals surface area contributed by atoms with Gasteiger partial charge in [-0.05, 0) is 0 Å². The van der Waals surface area contributed by atoms with Gasteiger partial charge in [-0.3, -0.25) is 0 Å². The molecule has 0 saturated carbocycles. The lowest BCUT2D eigenvalue weighted by molar-refractivity contribution is -0.258. The van der Waals surface area contributed by atoms with Gasteiger partial charge in [-0.15, -0.1) is 0 Å². The lowest BCUT2D eigenvalue weighted by Crippen LogP contribution is -2.52. The van der Waals surface area contributed by atoms with Crippen molar-refractivity contribution in [3.8, 4) is 0 Å². The van der Waals surface area contributed by atoms with Gasteiger partial charge in [0.25, 0.3) is 0 Å². The van der Waals surface area contributed by atoms with Crippen molar-refractivity contribution in [2.45, 2.75) is 12.2 Å². The zero-order valence-corrected chi connectivity index (χ0v) is 5.18. The van der Waals surface area contributed by atoms with Gasteiger partial charge in [-0.25, -0.2) is 0 Å². The maximum atomic E-state index is 11.6. The second-order valence-corrected chi connectivity index (χ2v) is 1.71. The Hall–Kier alpha value is -0.980. The van der Waals surface area contributed by atoms with Crippen molar-refractivity contribution >= 4 is 6.09 Å². The number of halogens is 3. The van der Waals surface area contributed by atoms with Gasteiger partial charge in [0.1, 0.15) is 12.1 Å². The smallest absolute Gasteiger partial charge is 0.410 e. The van der Waals surface area contributed by atoms with E-state index in [2.05, 4.69) is 0 Å². The van der Waals surface area contributed by atoms with Crippen LogP contribution in [0, 0.1) is 0 Å². The first kappa shape index (κ1) is 10.0. The van der Waals surface area contributed by atoms with Crippen molar-refractivity contribution in [2.75, 3.05) is 6.61 Å². The Morgan fingerprint density at radius 1 is 1.64 bits per heavy atom. The van der Waals surface area contributed by atoms with Crippen LogP contribution >= 0.6 is 0 Å². The van der Waals surface area contributed by atoms with E-state index in [1.165, 1.54) is 0 Å². The van der Waals surface area contributed by atoms with Gasteiger partial charge in [0, 0.05) is 0 Å². The number of rotatable bonds is 2. The molecule has 1 amide bonds. The number of carbonyl (C=O) groups is 1. The molecular weight excluding hydrogens is 167 g/mol. The lowest BCUT2D eigenvalue weighted by Gasteiger charge is -2.20. The number of hydrogen-bond donors (Lipinski definition) is 2. The van der Waals surface area contributed by atoms with E-state index in [4.69, 9.17) is 5.11 Å². The van der Waals surface area contributed by atoms with Gasteiger partial charge in [0.05, 0.1) is 6.61 Å². The molecule has 0 aliphatic heterocycles. The highest BCUT2D eigenvalue weighted by molar-refractivity contribution is 5.62. The Morgan fingerprint density at radius 3 is 2.18 bits per heavy atom. The normalized spacial score (nSPS) is 14.2. The van der Waals surface area contributed by atoms with Gasteiger partial charge in [0.2, 0.25) is 0 Å². The summed E-state index contributed by atoms with van der Waals surface area (Å²) < 4.78 is 34.7. The highest BCUT2D eigenvalue weighted by Crippen LogP contribution is 2.19. The quantitative estimate of drug-likeness (QED) is 0.552. The zero-order valence-electron chi connectivity index (χ0n) is 5.18. The van der Waals surface area contributed by atoms with Crippen LogP contribution in [0.4, 0.5) is 18.0 Å². The van der Waals surface area contributed by atoms with Crippen LogP contribution in [0.3, 0.4) is 0 Å². The summed E-state index contributed by atoms with van der Waals surface area (Å²) >= 11 is 0. The number of alkyl halides is 3. The first-order valence-corrected chi connectivity index (χ1v) is 2.53. The van der Waals surface area contributed by atoms with E-state index in [-0.39, 0.29) is 0 Å². The average molecular weight is 172 g/mol.